The largest absolute Gasteiger partial charge is 0.273 e. The van der Waals surface area contributed by atoms with Crippen molar-refractivity contribution in [3.05, 3.63) is 24.0 Å². The number of piperidine rings is 1. The zero-order valence-electron chi connectivity index (χ0n) is 11.7. The minimum Gasteiger partial charge on any atom is -0.273 e. The maximum Gasteiger partial charge on any atom is 0.240 e. The van der Waals surface area contributed by atoms with Gasteiger partial charge in [0.05, 0.1) is 22.7 Å². The summed E-state index contributed by atoms with van der Waals surface area (Å²) in [6.45, 7) is 7.88. The molecule has 1 aliphatic heterocycles. The van der Waals surface area contributed by atoms with Crippen molar-refractivity contribution in [1.82, 2.24) is 4.98 Å². The van der Waals surface area contributed by atoms with Crippen LogP contribution in [0.25, 0.3) is 0 Å². The van der Waals surface area contributed by atoms with Gasteiger partial charge in [-0.2, -0.15) is 0 Å². The van der Waals surface area contributed by atoms with Crippen LogP contribution < -0.4 is 4.90 Å². The summed E-state index contributed by atoms with van der Waals surface area (Å²) >= 11 is 0. The molecule has 1 saturated heterocycles. The lowest BCUT2D eigenvalue weighted by Gasteiger charge is -2.18. The van der Waals surface area contributed by atoms with Crippen LogP contribution in [-0.4, -0.2) is 16.8 Å². The molecule has 2 aliphatic rings. The number of amides is 2. The molecule has 19 heavy (non-hydrogen) atoms. The van der Waals surface area contributed by atoms with Crippen LogP contribution in [0.2, 0.25) is 0 Å². The highest BCUT2D eigenvalue weighted by Crippen LogP contribution is 2.69. The molecule has 4 heteroatoms. The van der Waals surface area contributed by atoms with Gasteiger partial charge in [0.15, 0.2) is 0 Å². The Morgan fingerprint density at radius 1 is 1.16 bits per heavy atom. The van der Waals surface area contributed by atoms with Crippen molar-refractivity contribution < 1.29 is 9.59 Å². The third-order valence-electron chi connectivity index (χ3n) is 4.77. The highest BCUT2D eigenvalue weighted by molar-refractivity contribution is 6.28. The number of aromatic nitrogens is 1. The van der Waals surface area contributed by atoms with Crippen LogP contribution in [0.15, 0.2) is 18.3 Å². The molecular weight excluding hydrogens is 240 g/mol. The summed E-state index contributed by atoms with van der Waals surface area (Å²) in [4.78, 5) is 30.4. The van der Waals surface area contributed by atoms with E-state index in [0.29, 0.717) is 18.0 Å². The molecule has 2 fully saturated rings. The summed E-state index contributed by atoms with van der Waals surface area (Å²) in [6.07, 6.45) is 2.30. The number of carbonyl (C=O) groups is 2. The normalized spacial score (nSPS) is 33.0. The van der Waals surface area contributed by atoms with E-state index in [0.717, 1.165) is 5.69 Å². The molecule has 1 aromatic heterocycles. The van der Waals surface area contributed by atoms with E-state index in [9.17, 15) is 9.59 Å². The van der Waals surface area contributed by atoms with Gasteiger partial charge in [0.2, 0.25) is 11.8 Å². The molecule has 2 amide bonds. The first-order chi connectivity index (χ1) is 8.81. The standard InChI is InChI=1S/C15H18N2O2/c1-9(2)11-6-5-10(7-16-11)17-12(18)14(3)8-15(14,4)13(17)19/h5-7,9H,8H2,1-4H3/t14-,15+. The predicted molar refractivity (Wildman–Crippen MR) is 71.7 cm³/mol. The number of hydrogen-bond donors (Lipinski definition) is 0. The Morgan fingerprint density at radius 3 is 2.16 bits per heavy atom. The molecule has 0 radical (unpaired) electrons. The van der Waals surface area contributed by atoms with E-state index in [1.54, 1.807) is 6.20 Å². The van der Waals surface area contributed by atoms with Gasteiger partial charge in [0, 0.05) is 5.69 Å². The van der Waals surface area contributed by atoms with Crippen LogP contribution in [-0.2, 0) is 9.59 Å². The van der Waals surface area contributed by atoms with E-state index in [2.05, 4.69) is 18.8 Å². The summed E-state index contributed by atoms with van der Waals surface area (Å²) in [5.74, 6) is 0.167. The highest BCUT2D eigenvalue weighted by Gasteiger charge is 2.77. The quantitative estimate of drug-likeness (QED) is 0.766. The Kier molecular flexibility index (Phi) is 2.23. The summed E-state index contributed by atoms with van der Waals surface area (Å²) < 4.78 is 0. The van der Waals surface area contributed by atoms with E-state index in [-0.39, 0.29) is 11.8 Å². The van der Waals surface area contributed by atoms with Gasteiger partial charge in [0.25, 0.3) is 0 Å². The molecule has 0 unspecified atom stereocenters. The van der Waals surface area contributed by atoms with Crippen LogP contribution in [0.1, 0.15) is 45.7 Å². The summed E-state index contributed by atoms with van der Waals surface area (Å²) in [6, 6.07) is 3.70. The zero-order valence-corrected chi connectivity index (χ0v) is 11.7. The number of fused-ring (bicyclic) bond motifs is 1. The SMILES string of the molecule is CC(C)c1ccc(N2C(=O)[C@]3(C)C[C@]3(C)C2=O)cn1. The molecule has 1 aromatic rings. The van der Waals surface area contributed by atoms with E-state index in [1.165, 1.54) is 4.90 Å². The van der Waals surface area contributed by atoms with Crippen molar-refractivity contribution in [2.75, 3.05) is 4.90 Å². The molecule has 100 valence electrons. The van der Waals surface area contributed by atoms with Gasteiger partial charge < -0.3 is 0 Å². The predicted octanol–water partition coefficient (Wildman–Crippen LogP) is 2.49. The monoisotopic (exact) mass is 258 g/mol. The smallest absolute Gasteiger partial charge is 0.240 e. The van der Waals surface area contributed by atoms with Crippen LogP contribution in [0.5, 0.6) is 0 Å². The molecule has 2 atom stereocenters. The van der Waals surface area contributed by atoms with Crippen molar-refractivity contribution >= 4 is 17.5 Å². The third-order valence-corrected chi connectivity index (χ3v) is 4.77. The van der Waals surface area contributed by atoms with Crippen LogP contribution in [0.4, 0.5) is 5.69 Å². The van der Waals surface area contributed by atoms with Crippen molar-refractivity contribution in [2.45, 2.75) is 40.0 Å². The van der Waals surface area contributed by atoms with Crippen LogP contribution >= 0.6 is 0 Å². The summed E-state index contributed by atoms with van der Waals surface area (Å²) in [7, 11) is 0. The Bertz CT molecular complexity index is 552. The minimum atomic E-state index is -0.499. The summed E-state index contributed by atoms with van der Waals surface area (Å²) in [5, 5.41) is 0. The van der Waals surface area contributed by atoms with Gasteiger partial charge in [-0.05, 0) is 38.3 Å². The first kappa shape index (κ1) is 12.3. The summed E-state index contributed by atoms with van der Waals surface area (Å²) in [5.41, 5.74) is 0.557. The fourth-order valence-electron chi connectivity index (χ4n) is 2.98. The average molecular weight is 258 g/mol. The molecule has 3 rings (SSSR count). The number of nitrogens with zero attached hydrogens (tertiary/aromatic N) is 2. The molecule has 0 N–H and O–H groups in total. The molecule has 0 aromatic carbocycles. The molecule has 2 heterocycles. The van der Waals surface area contributed by atoms with Gasteiger partial charge >= 0.3 is 0 Å². The van der Waals surface area contributed by atoms with Crippen molar-refractivity contribution in [3.8, 4) is 0 Å². The molecule has 1 aliphatic carbocycles. The Labute approximate surface area is 112 Å². The molecule has 0 bridgehead atoms. The fourth-order valence-corrected chi connectivity index (χ4v) is 2.98. The van der Waals surface area contributed by atoms with Gasteiger partial charge in [-0.15, -0.1) is 0 Å². The van der Waals surface area contributed by atoms with E-state index < -0.39 is 10.8 Å². The molecular formula is C15H18N2O2. The third kappa shape index (κ3) is 1.37. The fraction of sp³-hybridized carbons (Fsp3) is 0.533. The maximum absolute atomic E-state index is 12.4. The van der Waals surface area contributed by atoms with Crippen molar-refractivity contribution in [3.63, 3.8) is 0 Å². The minimum absolute atomic E-state index is 0.0842. The average Bonchev–Trinajstić information content (AvgIpc) is 2.91. The Hall–Kier alpha value is -1.71. The number of imide groups is 1. The van der Waals surface area contributed by atoms with Gasteiger partial charge in [-0.3, -0.25) is 14.6 Å². The number of anilines is 1. The first-order valence-corrected chi connectivity index (χ1v) is 6.66. The molecule has 4 nitrogen and oxygen atoms in total. The lowest BCUT2D eigenvalue weighted by molar-refractivity contribution is -0.125. The zero-order chi connectivity index (χ0) is 14.0. The topological polar surface area (TPSA) is 50.3 Å². The van der Waals surface area contributed by atoms with Crippen molar-refractivity contribution in [2.24, 2.45) is 10.8 Å². The second kappa shape index (κ2) is 3.44. The lowest BCUT2D eigenvalue weighted by atomic mass is 10.00. The second-order valence-electron chi connectivity index (χ2n) is 6.38. The van der Waals surface area contributed by atoms with Crippen LogP contribution in [0.3, 0.4) is 0 Å². The van der Waals surface area contributed by atoms with Gasteiger partial charge in [0.1, 0.15) is 0 Å². The number of rotatable bonds is 2. The van der Waals surface area contributed by atoms with E-state index in [1.807, 2.05) is 26.0 Å². The number of carbonyl (C=O) groups excluding carboxylic acids is 2. The van der Waals surface area contributed by atoms with Gasteiger partial charge in [-0.25, -0.2) is 4.90 Å². The highest BCUT2D eigenvalue weighted by atomic mass is 16.2. The van der Waals surface area contributed by atoms with Crippen LogP contribution in [0, 0.1) is 10.8 Å². The molecule has 0 spiro atoms. The number of hydrogen-bond acceptors (Lipinski definition) is 3. The lowest BCUT2D eigenvalue weighted by Crippen LogP contribution is -2.35. The van der Waals surface area contributed by atoms with Crippen molar-refractivity contribution in [1.29, 1.82) is 0 Å². The van der Waals surface area contributed by atoms with E-state index in [4.69, 9.17) is 0 Å². The Morgan fingerprint density at radius 2 is 1.74 bits per heavy atom. The maximum atomic E-state index is 12.4. The van der Waals surface area contributed by atoms with E-state index >= 15 is 0 Å². The first-order valence-electron chi connectivity index (χ1n) is 6.66. The molecule has 1 saturated carbocycles. The second-order valence-corrected chi connectivity index (χ2v) is 6.38. The van der Waals surface area contributed by atoms with Gasteiger partial charge in [-0.1, -0.05) is 13.8 Å². The Balaban J connectivity index is 1.96. The number of pyridine rings is 1.